The van der Waals surface area contributed by atoms with Crippen LogP contribution in [0.5, 0.6) is 0 Å². The summed E-state index contributed by atoms with van der Waals surface area (Å²) in [5.41, 5.74) is 1.22. The predicted octanol–water partition coefficient (Wildman–Crippen LogP) is 2.02. The van der Waals surface area contributed by atoms with E-state index in [0.717, 1.165) is 6.26 Å². The SMILES string of the molecule is CCOC(=O)C(CC)c1nc2ccc(S(C)(=O)=O)cc2[nH]1. The molecule has 0 spiro atoms. The van der Waals surface area contributed by atoms with E-state index in [1.54, 1.807) is 13.0 Å². The van der Waals surface area contributed by atoms with Gasteiger partial charge in [0, 0.05) is 6.26 Å². The average Bonchev–Trinajstić information content (AvgIpc) is 2.81. The Morgan fingerprint density at radius 2 is 2.10 bits per heavy atom. The zero-order valence-corrected chi connectivity index (χ0v) is 13.0. The van der Waals surface area contributed by atoms with Crippen LogP contribution in [0.2, 0.25) is 0 Å². The fraction of sp³-hybridized carbons (Fsp3) is 0.429. The number of nitrogens with one attached hydrogen (secondary N) is 1. The summed E-state index contributed by atoms with van der Waals surface area (Å²) in [7, 11) is -3.28. The number of hydrogen-bond donors (Lipinski definition) is 1. The number of imidazole rings is 1. The minimum absolute atomic E-state index is 0.217. The van der Waals surface area contributed by atoms with E-state index in [4.69, 9.17) is 4.74 Å². The van der Waals surface area contributed by atoms with Gasteiger partial charge in [0.1, 0.15) is 11.7 Å². The van der Waals surface area contributed by atoms with Crippen molar-refractivity contribution >= 4 is 26.8 Å². The van der Waals surface area contributed by atoms with Crippen LogP contribution in [0.1, 0.15) is 32.0 Å². The van der Waals surface area contributed by atoms with E-state index in [9.17, 15) is 13.2 Å². The van der Waals surface area contributed by atoms with Gasteiger partial charge in [-0.1, -0.05) is 6.92 Å². The second-order valence-electron chi connectivity index (χ2n) is 4.79. The van der Waals surface area contributed by atoms with Gasteiger partial charge in [-0.05, 0) is 31.5 Å². The number of esters is 1. The number of carbonyl (C=O) groups excluding carboxylic acids is 1. The summed E-state index contributed by atoms with van der Waals surface area (Å²) >= 11 is 0. The second kappa shape index (κ2) is 5.85. The third-order valence-electron chi connectivity index (χ3n) is 3.21. The molecule has 2 rings (SSSR count). The molecule has 1 heterocycles. The topological polar surface area (TPSA) is 89.1 Å². The summed E-state index contributed by atoms with van der Waals surface area (Å²) in [5.74, 6) is -0.307. The number of ether oxygens (including phenoxy) is 1. The van der Waals surface area contributed by atoms with E-state index in [1.807, 2.05) is 6.92 Å². The molecule has 21 heavy (non-hydrogen) atoms. The maximum absolute atomic E-state index is 11.9. The summed E-state index contributed by atoms with van der Waals surface area (Å²) in [5, 5.41) is 0. The third kappa shape index (κ3) is 3.24. The molecule has 0 fully saturated rings. The molecule has 0 amide bonds. The number of hydrogen-bond acceptors (Lipinski definition) is 5. The first-order chi connectivity index (χ1) is 9.86. The second-order valence-corrected chi connectivity index (χ2v) is 6.80. The predicted molar refractivity (Wildman–Crippen MR) is 78.9 cm³/mol. The molecule has 0 saturated carbocycles. The van der Waals surface area contributed by atoms with E-state index >= 15 is 0 Å². The molecule has 1 N–H and O–H groups in total. The minimum atomic E-state index is -3.28. The van der Waals surface area contributed by atoms with Crippen molar-refractivity contribution in [2.24, 2.45) is 0 Å². The summed E-state index contributed by atoms with van der Waals surface area (Å²) in [4.78, 5) is 19.5. The Balaban J connectivity index is 2.44. The van der Waals surface area contributed by atoms with Crippen molar-refractivity contribution in [3.63, 3.8) is 0 Å². The highest BCUT2D eigenvalue weighted by molar-refractivity contribution is 7.90. The van der Waals surface area contributed by atoms with E-state index in [-0.39, 0.29) is 10.9 Å². The highest BCUT2D eigenvalue weighted by Gasteiger charge is 2.23. The van der Waals surface area contributed by atoms with Crippen molar-refractivity contribution in [2.45, 2.75) is 31.1 Å². The monoisotopic (exact) mass is 310 g/mol. The Hall–Kier alpha value is -1.89. The molecule has 0 radical (unpaired) electrons. The van der Waals surface area contributed by atoms with Crippen molar-refractivity contribution in [3.05, 3.63) is 24.0 Å². The molecule has 1 atom stereocenters. The van der Waals surface area contributed by atoms with Crippen LogP contribution < -0.4 is 0 Å². The first-order valence-electron chi connectivity index (χ1n) is 6.73. The Morgan fingerprint density at radius 3 is 2.67 bits per heavy atom. The van der Waals surface area contributed by atoms with E-state index in [0.29, 0.717) is 29.9 Å². The van der Waals surface area contributed by atoms with Crippen LogP contribution in [0.25, 0.3) is 11.0 Å². The fourth-order valence-electron chi connectivity index (χ4n) is 2.12. The maximum Gasteiger partial charge on any atom is 0.316 e. The summed E-state index contributed by atoms with van der Waals surface area (Å²) < 4.78 is 28.1. The lowest BCUT2D eigenvalue weighted by Crippen LogP contribution is -2.16. The van der Waals surface area contributed by atoms with Crippen LogP contribution in [0, 0.1) is 0 Å². The Bertz CT molecular complexity index is 764. The number of fused-ring (bicyclic) bond motifs is 1. The van der Waals surface area contributed by atoms with Crippen molar-refractivity contribution in [1.82, 2.24) is 9.97 Å². The molecular formula is C14H18N2O4S. The number of H-pyrrole nitrogens is 1. The number of aromatic amines is 1. The number of sulfone groups is 1. The van der Waals surface area contributed by atoms with Gasteiger partial charge in [0.2, 0.25) is 0 Å². The van der Waals surface area contributed by atoms with Gasteiger partial charge in [-0.3, -0.25) is 4.79 Å². The lowest BCUT2D eigenvalue weighted by molar-refractivity contribution is -0.145. The zero-order valence-electron chi connectivity index (χ0n) is 12.2. The van der Waals surface area contributed by atoms with Gasteiger partial charge in [0.25, 0.3) is 0 Å². The van der Waals surface area contributed by atoms with Crippen molar-refractivity contribution < 1.29 is 17.9 Å². The highest BCUT2D eigenvalue weighted by atomic mass is 32.2. The fourth-order valence-corrected chi connectivity index (χ4v) is 2.77. The molecule has 0 aliphatic carbocycles. The van der Waals surface area contributed by atoms with Crippen LogP contribution in [-0.4, -0.2) is 37.2 Å². The highest BCUT2D eigenvalue weighted by Crippen LogP contribution is 2.23. The van der Waals surface area contributed by atoms with Gasteiger partial charge in [-0.2, -0.15) is 0 Å². The molecule has 2 aromatic rings. The van der Waals surface area contributed by atoms with Gasteiger partial charge in [-0.15, -0.1) is 0 Å². The lowest BCUT2D eigenvalue weighted by Gasteiger charge is -2.10. The summed E-state index contributed by atoms with van der Waals surface area (Å²) in [6, 6.07) is 4.66. The first kappa shape index (κ1) is 15.5. The van der Waals surface area contributed by atoms with Crippen molar-refractivity contribution in [1.29, 1.82) is 0 Å². The van der Waals surface area contributed by atoms with Gasteiger partial charge in [-0.25, -0.2) is 13.4 Å². The molecule has 1 aromatic heterocycles. The number of rotatable bonds is 5. The molecular weight excluding hydrogens is 292 g/mol. The molecule has 0 aliphatic heterocycles. The zero-order chi connectivity index (χ0) is 15.6. The van der Waals surface area contributed by atoms with Crippen LogP contribution >= 0.6 is 0 Å². The maximum atomic E-state index is 11.9. The van der Waals surface area contributed by atoms with E-state index in [1.165, 1.54) is 12.1 Å². The molecule has 7 heteroatoms. The first-order valence-corrected chi connectivity index (χ1v) is 8.62. The molecule has 114 valence electrons. The van der Waals surface area contributed by atoms with Crippen LogP contribution in [-0.2, 0) is 19.4 Å². The van der Waals surface area contributed by atoms with Gasteiger partial charge < -0.3 is 9.72 Å². The average molecular weight is 310 g/mol. The quantitative estimate of drug-likeness (QED) is 0.853. The lowest BCUT2D eigenvalue weighted by atomic mass is 10.1. The Kier molecular flexibility index (Phi) is 4.32. The minimum Gasteiger partial charge on any atom is -0.465 e. The molecule has 0 saturated heterocycles. The molecule has 1 unspecified atom stereocenters. The standard InChI is InChI=1S/C14H18N2O4S/c1-4-10(14(17)20-5-2)13-15-11-7-6-9(21(3,18)19)8-12(11)16-13/h6-8,10H,4-5H2,1-3H3,(H,15,16). The third-order valence-corrected chi connectivity index (χ3v) is 4.32. The number of aromatic nitrogens is 2. The normalized spacial score (nSPS) is 13.3. The number of benzene rings is 1. The molecule has 0 bridgehead atoms. The summed E-state index contributed by atoms with van der Waals surface area (Å²) in [6.45, 7) is 3.94. The number of carbonyl (C=O) groups is 1. The van der Waals surface area contributed by atoms with E-state index < -0.39 is 15.8 Å². The van der Waals surface area contributed by atoms with Crippen molar-refractivity contribution in [2.75, 3.05) is 12.9 Å². The van der Waals surface area contributed by atoms with E-state index in [2.05, 4.69) is 9.97 Å². The van der Waals surface area contributed by atoms with Gasteiger partial charge in [0.15, 0.2) is 9.84 Å². The van der Waals surface area contributed by atoms with Crippen molar-refractivity contribution in [3.8, 4) is 0 Å². The van der Waals surface area contributed by atoms with Gasteiger partial charge in [0.05, 0.1) is 22.5 Å². The van der Waals surface area contributed by atoms with Crippen LogP contribution in [0.4, 0.5) is 0 Å². The van der Waals surface area contributed by atoms with Crippen LogP contribution in [0.3, 0.4) is 0 Å². The molecule has 6 nitrogen and oxygen atoms in total. The molecule has 1 aromatic carbocycles. The Morgan fingerprint density at radius 1 is 1.38 bits per heavy atom. The largest absolute Gasteiger partial charge is 0.465 e. The molecule has 0 aliphatic rings. The van der Waals surface area contributed by atoms with Crippen LogP contribution in [0.15, 0.2) is 23.1 Å². The Labute approximate surface area is 123 Å². The number of nitrogens with zero attached hydrogens (tertiary/aromatic N) is 1. The smallest absolute Gasteiger partial charge is 0.316 e. The summed E-state index contributed by atoms with van der Waals surface area (Å²) in [6.07, 6.45) is 1.70. The van der Waals surface area contributed by atoms with Gasteiger partial charge >= 0.3 is 5.97 Å².